The lowest BCUT2D eigenvalue weighted by Gasteiger charge is -2.25. The maximum atomic E-state index is 11.4. The summed E-state index contributed by atoms with van der Waals surface area (Å²) in [5.41, 5.74) is 11.9. The Bertz CT molecular complexity index is 1550. The second-order valence-corrected chi connectivity index (χ2v) is 9.21. The molecule has 3 N–H and O–H groups in total. The highest BCUT2D eigenvalue weighted by Gasteiger charge is 2.30. The average molecular weight is 464 g/mol. The van der Waals surface area contributed by atoms with E-state index in [1.165, 1.54) is 0 Å². The van der Waals surface area contributed by atoms with E-state index < -0.39 is 5.97 Å². The number of nitrogens with two attached hydrogens (primary N) is 1. The highest BCUT2D eigenvalue weighted by molar-refractivity contribution is 5.86. The van der Waals surface area contributed by atoms with Gasteiger partial charge in [0, 0.05) is 34.8 Å². The van der Waals surface area contributed by atoms with Gasteiger partial charge in [-0.15, -0.1) is 0 Å². The summed E-state index contributed by atoms with van der Waals surface area (Å²) in [5, 5.41) is 10.4. The number of hydrogen-bond donors (Lipinski definition) is 2. The fourth-order valence-electron chi connectivity index (χ4n) is 5.22. The molecule has 7 heteroatoms. The zero-order valence-electron chi connectivity index (χ0n) is 19.1. The molecule has 35 heavy (non-hydrogen) atoms. The van der Waals surface area contributed by atoms with E-state index in [9.17, 15) is 9.90 Å². The van der Waals surface area contributed by atoms with Gasteiger partial charge >= 0.3 is 5.97 Å². The number of imidazole rings is 1. The summed E-state index contributed by atoms with van der Waals surface area (Å²) in [7, 11) is 0. The molecule has 1 aliphatic rings. The van der Waals surface area contributed by atoms with E-state index in [0.717, 1.165) is 57.6 Å². The fraction of sp³-hybridized carbons (Fsp3) is 0.214. The summed E-state index contributed by atoms with van der Waals surface area (Å²) in [6.45, 7) is 0. The van der Waals surface area contributed by atoms with Crippen LogP contribution >= 0.6 is 0 Å². The molecule has 3 heterocycles. The minimum Gasteiger partial charge on any atom is -0.481 e. The maximum absolute atomic E-state index is 11.4. The van der Waals surface area contributed by atoms with E-state index >= 15 is 0 Å². The van der Waals surface area contributed by atoms with Crippen LogP contribution in [0.1, 0.15) is 37.3 Å². The molecule has 5 aromatic rings. The molecule has 0 spiro atoms. The third-order valence-corrected chi connectivity index (χ3v) is 7.09. The molecule has 6 rings (SSSR count). The molecular weight excluding hydrogens is 438 g/mol. The summed E-state index contributed by atoms with van der Waals surface area (Å²) < 4.78 is 2.00. The van der Waals surface area contributed by atoms with Gasteiger partial charge in [0.2, 0.25) is 0 Å². The molecule has 2 aromatic carbocycles. The lowest BCUT2D eigenvalue weighted by Crippen LogP contribution is -2.20. The number of carboxylic acid groups (broad SMARTS) is 1. The number of anilines is 1. The van der Waals surface area contributed by atoms with Gasteiger partial charge in [-0.1, -0.05) is 48.5 Å². The van der Waals surface area contributed by atoms with Crippen LogP contribution in [0.4, 0.5) is 5.82 Å². The Morgan fingerprint density at radius 1 is 0.943 bits per heavy atom. The third kappa shape index (κ3) is 3.79. The Labute approximate surface area is 202 Å². The number of nitrogen functional groups attached to an aromatic ring is 1. The third-order valence-electron chi connectivity index (χ3n) is 7.09. The molecule has 0 aliphatic heterocycles. The number of rotatable bonds is 4. The molecule has 0 unspecified atom stereocenters. The smallest absolute Gasteiger partial charge is 0.306 e. The Hall–Kier alpha value is -4.26. The first kappa shape index (κ1) is 21.3. The highest BCUT2D eigenvalue weighted by Crippen LogP contribution is 2.40. The molecule has 1 saturated carbocycles. The van der Waals surface area contributed by atoms with Crippen molar-refractivity contribution in [3.8, 4) is 22.6 Å². The van der Waals surface area contributed by atoms with Crippen molar-refractivity contribution in [3.63, 3.8) is 0 Å². The largest absolute Gasteiger partial charge is 0.481 e. The summed E-state index contributed by atoms with van der Waals surface area (Å²) in [4.78, 5) is 25.7. The lowest BCUT2D eigenvalue weighted by atomic mass is 9.80. The number of carbonyl (C=O) groups is 1. The predicted molar refractivity (Wildman–Crippen MR) is 136 cm³/mol. The molecule has 174 valence electrons. The number of benzene rings is 2. The van der Waals surface area contributed by atoms with Gasteiger partial charge in [0.15, 0.2) is 0 Å². The summed E-state index contributed by atoms with van der Waals surface area (Å²) in [6, 6.07) is 20.5. The second kappa shape index (κ2) is 8.51. The van der Waals surface area contributed by atoms with Crippen LogP contribution in [0, 0.1) is 5.92 Å². The SMILES string of the molecule is Nc1nccn2c(-c3ccc4ccc(-c5ccccc5)nc4c3)nc(C3CCC(C(=O)O)CC3)c12. The number of carboxylic acids is 1. The first-order valence-corrected chi connectivity index (χ1v) is 11.9. The van der Waals surface area contributed by atoms with Gasteiger partial charge in [0.25, 0.3) is 0 Å². The minimum atomic E-state index is -0.710. The topological polar surface area (TPSA) is 106 Å². The Balaban J connectivity index is 1.44. The van der Waals surface area contributed by atoms with Crippen molar-refractivity contribution in [1.29, 1.82) is 0 Å². The van der Waals surface area contributed by atoms with Crippen LogP contribution in [0.15, 0.2) is 73.1 Å². The molecule has 0 radical (unpaired) electrons. The van der Waals surface area contributed by atoms with Crippen LogP contribution in [0.25, 0.3) is 39.1 Å². The number of aliphatic carboxylic acids is 1. The average Bonchev–Trinajstić information content (AvgIpc) is 3.30. The van der Waals surface area contributed by atoms with Gasteiger partial charge in [0.05, 0.1) is 22.8 Å². The Kier molecular flexibility index (Phi) is 5.17. The molecule has 0 bridgehead atoms. The van der Waals surface area contributed by atoms with Crippen molar-refractivity contribution in [2.24, 2.45) is 5.92 Å². The quantitative estimate of drug-likeness (QED) is 0.362. The van der Waals surface area contributed by atoms with E-state index in [0.29, 0.717) is 18.7 Å². The highest BCUT2D eigenvalue weighted by atomic mass is 16.4. The van der Waals surface area contributed by atoms with Crippen molar-refractivity contribution >= 4 is 28.2 Å². The molecule has 7 nitrogen and oxygen atoms in total. The Morgan fingerprint density at radius 2 is 1.71 bits per heavy atom. The van der Waals surface area contributed by atoms with E-state index in [-0.39, 0.29) is 11.8 Å². The summed E-state index contributed by atoms with van der Waals surface area (Å²) in [5.74, 6) is 0.397. The van der Waals surface area contributed by atoms with Crippen LogP contribution < -0.4 is 5.73 Å². The van der Waals surface area contributed by atoms with E-state index in [1.54, 1.807) is 6.20 Å². The minimum absolute atomic E-state index is 0.157. The van der Waals surface area contributed by atoms with Gasteiger partial charge < -0.3 is 10.8 Å². The second-order valence-electron chi connectivity index (χ2n) is 9.21. The number of pyridine rings is 1. The van der Waals surface area contributed by atoms with Crippen molar-refractivity contribution in [3.05, 3.63) is 78.8 Å². The van der Waals surface area contributed by atoms with Crippen molar-refractivity contribution in [1.82, 2.24) is 19.4 Å². The normalized spacial score (nSPS) is 18.2. The van der Waals surface area contributed by atoms with E-state index in [2.05, 4.69) is 41.4 Å². The molecule has 1 fully saturated rings. The number of fused-ring (bicyclic) bond motifs is 2. The number of nitrogens with zero attached hydrogens (tertiary/aromatic N) is 4. The van der Waals surface area contributed by atoms with Crippen molar-refractivity contribution in [2.75, 3.05) is 5.73 Å². The zero-order valence-corrected chi connectivity index (χ0v) is 19.1. The van der Waals surface area contributed by atoms with Crippen LogP contribution in [0.5, 0.6) is 0 Å². The molecular formula is C28H25N5O2. The molecule has 3 aromatic heterocycles. The van der Waals surface area contributed by atoms with Crippen LogP contribution in [-0.2, 0) is 4.79 Å². The maximum Gasteiger partial charge on any atom is 0.306 e. The molecule has 0 amide bonds. The van der Waals surface area contributed by atoms with Crippen molar-refractivity contribution < 1.29 is 9.90 Å². The number of aromatic nitrogens is 4. The zero-order chi connectivity index (χ0) is 23.9. The predicted octanol–water partition coefficient (Wildman–Crippen LogP) is 5.55. The van der Waals surface area contributed by atoms with E-state index in [4.69, 9.17) is 15.7 Å². The summed E-state index contributed by atoms with van der Waals surface area (Å²) >= 11 is 0. The van der Waals surface area contributed by atoms with Gasteiger partial charge in [-0.25, -0.2) is 15.0 Å². The van der Waals surface area contributed by atoms with Crippen LogP contribution in [-0.4, -0.2) is 30.4 Å². The monoisotopic (exact) mass is 463 g/mol. The molecule has 0 saturated heterocycles. The van der Waals surface area contributed by atoms with E-state index in [1.807, 2.05) is 34.9 Å². The standard InChI is InChI=1S/C28H25N5O2/c29-26-25-24(19-7-9-20(10-8-19)28(34)35)32-27(33(25)15-14-30-26)21-11-6-18-12-13-22(31-23(18)16-21)17-4-2-1-3-5-17/h1-6,11-16,19-20H,7-10H2,(H2,29,30)(H,34,35). The Morgan fingerprint density at radius 3 is 2.49 bits per heavy atom. The first-order chi connectivity index (χ1) is 17.1. The van der Waals surface area contributed by atoms with Gasteiger partial charge in [0.1, 0.15) is 17.2 Å². The van der Waals surface area contributed by atoms with Gasteiger partial charge in [-0.3, -0.25) is 9.20 Å². The fourth-order valence-corrected chi connectivity index (χ4v) is 5.22. The van der Waals surface area contributed by atoms with Gasteiger partial charge in [-0.05, 0) is 37.8 Å². The first-order valence-electron chi connectivity index (χ1n) is 11.9. The molecule has 0 atom stereocenters. The molecule has 1 aliphatic carbocycles. The van der Waals surface area contributed by atoms with Crippen LogP contribution in [0.3, 0.4) is 0 Å². The van der Waals surface area contributed by atoms with Crippen molar-refractivity contribution in [2.45, 2.75) is 31.6 Å². The summed E-state index contributed by atoms with van der Waals surface area (Å²) in [6.07, 6.45) is 6.42. The van der Waals surface area contributed by atoms with Gasteiger partial charge in [-0.2, -0.15) is 0 Å². The number of hydrogen-bond acceptors (Lipinski definition) is 5. The van der Waals surface area contributed by atoms with Crippen LogP contribution in [0.2, 0.25) is 0 Å². The lowest BCUT2D eigenvalue weighted by molar-refractivity contribution is -0.142.